The Kier molecular flexibility index (Phi) is 3.24. The lowest BCUT2D eigenvalue weighted by Gasteiger charge is -2.14. The second kappa shape index (κ2) is 4.67. The molecule has 2 rings (SSSR count). The van der Waals surface area contributed by atoms with Crippen LogP contribution in [0.2, 0.25) is 0 Å². The standard InChI is InChI=1S/C13H18N4/c1-8-4-9(2)11(10(3)5-8)6-12(14)13-15-7-16-17-13/h4-5,7,12H,6,14H2,1-3H3,(H,15,16,17). The number of nitrogens with one attached hydrogen (secondary N) is 1. The number of aromatic nitrogens is 3. The molecule has 0 aliphatic heterocycles. The molecule has 0 saturated carbocycles. The fourth-order valence-corrected chi connectivity index (χ4v) is 2.24. The Bertz CT molecular complexity index is 479. The largest absolute Gasteiger partial charge is 0.321 e. The molecule has 4 heteroatoms. The zero-order valence-electron chi connectivity index (χ0n) is 10.5. The SMILES string of the molecule is Cc1cc(C)c(CC(N)c2ncn[nH]2)c(C)c1. The molecule has 2 aromatic rings. The molecule has 1 atom stereocenters. The number of nitrogens with zero attached hydrogens (tertiary/aromatic N) is 2. The number of hydrogen-bond acceptors (Lipinski definition) is 3. The number of benzene rings is 1. The molecule has 0 radical (unpaired) electrons. The molecule has 0 aliphatic carbocycles. The van der Waals surface area contributed by atoms with E-state index in [0.717, 1.165) is 12.2 Å². The van der Waals surface area contributed by atoms with Crippen LogP contribution < -0.4 is 5.73 Å². The van der Waals surface area contributed by atoms with E-state index in [4.69, 9.17) is 5.73 Å². The predicted molar refractivity (Wildman–Crippen MR) is 67.7 cm³/mol. The molecule has 0 bridgehead atoms. The highest BCUT2D eigenvalue weighted by Gasteiger charge is 2.13. The average molecular weight is 230 g/mol. The van der Waals surface area contributed by atoms with Gasteiger partial charge in [0.2, 0.25) is 0 Å². The molecule has 1 aromatic carbocycles. The van der Waals surface area contributed by atoms with E-state index < -0.39 is 0 Å². The highest BCUT2D eigenvalue weighted by molar-refractivity contribution is 5.38. The van der Waals surface area contributed by atoms with Crippen LogP contribution in [0.5, 0.6) is 0 Å². The third-order valence-electron chi connectivity index (χ3n) is 3.05. The predicted octanol–water partition coefficient (Wildman–Crippen LogP) is 1.97. The van der Waals surface area contributed by atoms with Crippen molar-refractivity contribution >= 4 is 0 Å². The summed E-state index contributed by atoms with van der Waals surface area (Å²) in [7, 11) is 0. The van der Waals surface area contributed by atoms with Crippen molar-refractivity contribution in [2.45, 2.75) is 33.2 Å². The van der Waals surface area contributed by atoms with Crippen molar-refractivity contribution < 1.29 is 0 Å². The van der Waals surface area contributed by atoms with Crippen LogP contribution in [0.1, 0.15) is 34.1 Å². The lowest BCUT2D eigenvalue weighted by atomic mass is 9.94. The smallest absolute Gasteiger partial charge is 0.141 e. The van der Waals surface area contributed by atoms with E-state index >= 15 is 0 Å². The summed E-state index contributed by atoms with van der Waals surface area (Å²) < 4.78 is 0. The van der Waals surface area contributed by atoms with Crippen molar-refractivity contribution in [1.82, 2.24) is 15.2 Å². The van der Waals surface area contributed by atoms with Gasteiger partial charge in [-0.25, -0.2) is 4.98 Å². The molecule has 4 nitrogen and oxygen atoms in total. The molecule has 1 unspecified atom stereocenters. The van der Waals surface area contributed by atoms with E-state index in [-0.39, 0.29) is 6.04 Å². The fraction of sp³-hybridized carbons (Fsp3) is 0.385. The highest BCUT2D eigenvalue weighted by atomic mass is 15.2. The molecule has 1 heterocycles. The van der Waals surface area contributed by atoms with E-state index in [9.17, 15) is 0 Å². The van der Waals surface area contributed by atoms with E-state index in [1.807, 2.05) is 0 Å². The maximum absolute atomic E-state index is 6.11. The third kappa shape index (κ3) is 2.53. The first-order chi connectivity index (χ1) is 8.08. The van der Waals surface area contributed by atoms with Gasteiger partial charge in [0.15, 0.2) is 0 Å². The van der Waals surface area contributed by atoms with Gasteiger partial charge in [0.1, 0.15) is 12.2 Å². The summed E-state index contributed by atoms with van der Waals surface area (Å²) in [5.74, 6) is 0.740. The summed E-state index contributed by atoms with van der Waals surface area (Å²) in [4.78, 5) is 4.10. The normalized spacial score (nSPS) is 12.7. The minimum Gasteiger partial charge on any atom is -0.321 e. The molecule has 0 aliphatic rings. The third-order valence-corrected chi connectivity index (χ3v) is 3.05. The van der Waals surface area contributed by atoms with Crippen LogP contribution in [-0.4, -0.2) is 15.2 Å². The van der Waals surface area contributed by atoms with Gasteiger partial charge in [0, 0.05) is 0 Å². The van der Waals surface area contributed by atoms with Crippen molar-refractivity contribution in [3.05, 3.63) is 46.5 Å². The lowest BCUT2D eigenvalue weighted by Crippen LogP contribution is -2.16. The fourth-order valence-electron chi connectivity index (χ4n) is 2.24. The van der Waals surface area contributed by atoms with Crippen LogP contribution in [0.15, 0.2) is 18.5 Å². The van der Waals surface area contributed by atoms with Gasteiger partial charge in [-0.2, -0.15) is 5.10 Å². The minimum atomic E-state index is -0.127. The molecule has 0 fully saturated rings. The number of rotatable bonds is 3. The van der Waals surface area contributed by atoms with Gasteiger partial charge in [-0.1, -0.05) is 17.7 Å². The van der Waals surface area contributed by atoms with Crippen molar-refractivity contribution in [3.63, 3.8) is 0 Å². The Labute approximate surface area is 101 Å². The Morgan fingerprint density at radius 3 is 2.41 bits per heavy atom. The van der Waals surface area contributed by atoms with Crippen molar-refractivity contribution in [2.75, 3.05) is 0 Å². The number of aryl methyl sites for hydroxylation is 3. The van der Waals surface area contributed by atoms with Crippen LogP contribution >= 0.6 is 0 Å². The molecule has 1 aromatic heterocycles. The Morgan fingerprint density at radius 2 is 1.88 bits per heavy atom. The quantitative estimate of drug-likeness (QED) is 0.847. The summed E-state index contributed by atoms with van der Waals surface area (Å²) in [5.41, 5.74) is 11.3. The van der Waals surface area contributed by atoms with Crippen LogP contribution in [0.25, 0.3) is 0 Å². The van der Waals surface area contributed by atoms with E-state index in [1.165, 1.54) is 28.6 Å². The van der Waals surface area contributed by atoms with Gasteiger partial charge in [-0.05, 0) is 43.9 Å². The van der Waals surface area contributed by atoms with Crippen molar-refractivity contribution in [3.8, 4) is 0 Å². The Balaban J connectivity index is 2.25. The summed E-state index contributed by atoms with van der Waals surface area (Å²) in [6.07, 6.45) is 2.27. The molecule has 0 amide bonds. The second-order valence-electron chi connectivity index (χ2n) is 4.56. The first-order valence-electron chi connectivity index (χ1n) is 5.75. The van der Waals surface area contributed by atoms with Gasteiger partial charge < -0.3 is 5.73 Å². The van der Waals surface area contributed by atoms with Crippen molar-refractivity contribution in [1.29, 1.82) is 0 Å². The van der Waals surface area contributed by atoms with Gasteiger partial charge in [0.25, 0.3) is 0 Å². The first-order valence-corrected chi connectivity index (χ1v) is 5.75. The van der Waals surface area contributed by atoms with Gasteiger partial charge in [-0.15, -0.1) is 0 Å². The minimum absolute atomic E-state index is 0.127. The Hall–Kier alpha value is -1.68. The molecule has 3 N–H and O–H groups in total. The zero-order chi connectivity index (χ0) is 12.4. The molecule has 0 saturated heterocycles. The summed E-state index contributed by atoms with van der Waals surface area (Å²) >= 11 is 0. The highest BCUT2D eigenvalue weighted by Crippen LogP contribution is 2.21. The summed E-state index contributed by atoms with van der Waals surface area (Å²) in [5, 5.41) is 6.65. The molecule has 0 spiro atoms. The maximum atomic E-state index is 6.11. The monoisotopic (exact) mass is 230 g/mol. The van der Waals surface area contributed by atoms with E-state index in [2.05, 4.69) is 48.1 Å². The Morgan fingerprint density at radius 1 is 1.24 bits per heavy atom. The topological polar surface area (TPSA) is 67.6 Å². The number of H-pyrrole nitrogens is 1. The number of aromatic amines is 1. The van der Waals surface area contributed by atoms with Gasteiger partial charge in [-0.3, -0.25) is 5.10 Å². The van der Waals surface area contributed by atoms with Crippen LogP contribution in [0, 0.1) is 20.8 Å². The first kappa shape index (κ1) is 11.8. The van der Waals surface area contributed by atoms with Crippen LogP contribution in [-0.2, 0) is 6.42 Å². The maximum Gasteiger partial charge on any atom is 0.141 e. The molecular formula is C13H18N4. The molecular weight excluding hydrogens is 212 g/mol. The lowest BCUT2D eigenvalue weighted by molar-refractivity contribution is 0.666. The van der Waals surface area contributed by atoms with Crippen LogP contribution in [0.3, 0.4) is 0 Å². The number of hydrogen-bond donors (Lipinski definition) is 2. The van der Waals surface area contributed by atoms with Gasteiger partial charge >= 0.3 is 0 Å². The zero-order valence-corrected chi connectivity index (χ0v) is 10.5. The summed E-state index contributed by atoms with van der Waals surface area (Å²) in [6, 6.07) is 4.25. The number of nitrogens with two attached hydrogens (primary N) is 1. The van der Waals surface area contributed by atoms with E-state index in [1.54, 1.807) is 0 Å². The van der Waals surface area contributed by atoms with Gasteiger partial charge in [0.05, 0.1) is 6.04 Å². The second-order valence-corrected chi connectivity index (χ2v) is 4.56. The summed E-state index contributed by atoms with van der Waals surface area (Å²) in [6.45, 7) is 6.37. The van der Waals surface area contributed by atoms with Crippen LogP contribution in [0.4, 0.5) is 0 Å². The average Bonchev–Trinajstić information content (AvgIpc) is 2.76. The molecule has 90 valence electrons. The molecule has 17 heavy (non-hydrogen) atoms. The van der Waals surface area contributed by atoms with Crippen molar-refractivity contribution in [2.24, 2.45) is 5.73 Å². The van der Waals surface area contributed by atoms with E-state index in [0.29, 0.717) is 0 Å².